The Bertz CT molecular complexity index is 437. The molecule has 2 aromatic rings. The van der Waals surface area contributed by atoms with Crippen molar-refractivity contribution < 1.29 is 5.11 Å². The van der Waals surface area contributed by atoms with E-state index in [2.05, 4.69) is 4.98 Å². The molecule has 2 rings (SSSR count). The zero-order valence-corrected chi connectivity index (χ0v) is 7.94. The number of hydrogen-bond donors (Lipinski definition) is 1. The summed E-state index contributed by atoms with van der Waals surface area (Å²) in [6, 6.07) is 11.4. The molecule has 0 fully saturated rings. The molecule has 0 amide bonds. The molecule has 1 N–H and O–H groups in total. The Labute approximate surface area is 82.9 Å². The van der Waals surface area contributed by atoms with Crippen LogP contribution in [0.25, 0.3) is 11.3 Å². The second kappa shape index (κ2) is 3.50. The van der Waals surface area contributed by atoms with Gasteiger partial charge in [-0.05, 0) is 18.6 Å². The Morgan fingerprint density at radius 2 is 1.86 bits per heavy atom. The van der Waals surface area contributed by atoms with Crippen LogP contribution < -0.4 is 0 Å². The van der Waals surface area contributed by atoms with E-state index in [4.69, 9.17) is 0 Å². The second-order valence-electron chi connectivity index (χ2n) is 3.25. The lowest BCUT2D eigenvalue weighted by molar-refractivity contribution is 0.474. The van der Waals surface area contributed by atoms with Gasteiger partial charge in [-0.3, -0.25) is 4.98 Å². The van der Waals surface area contributed by atoms with Crippen LogP contribution in [-0.2, 0) is 0 Å². The van der Waals surface area contributed by atoms with E-state index in [1.165, 1.54) is 0 Å². The van der Waals surface area contributed by atoms with Crippen molar-refractivity contribution in [2.45, 2.75) is 6.92 Å². The molecular formula is C12H11NO. The molecule has 0 aliphatic heterocycles. The van der Waals surface area contributed by atoms with Gasteiger partial charge in [0.15, 0.2) is 0 Å². The van der Waals surface area contributed by atoms with Gasteiger partial charge in [0.25, 0.3) is 0 Å². The van der Waals surface area contributed by atoms with Crippen molar-refractivity contribution in [3.05, 3.63) is 48.2 Å². The monoisotopic (exact) mass is 185 g/mol. The summed E-state index contributed by atoms with van der Waals surface area (Å²) >= 11 is 0. The van der Waals surface area contributed by atoms with Crippen LogP contribution in [0.4, 0.5) is 0 Å². The molecule has 0 saturated heterocycles. The van der Waals surface area contributed by atoms with Gasteiger partial charge >= 0.3 is 0 Å². The van der Waals surface area contributed by atoms with Crippen molar-refractivity contribution in [3.63, 3.8) is 0 Å². The highest BCUT2D eigenvalue weighted by Gasteiger charge is 2.04. The van der Waals surface area contributed by atoms with Crippen LogP contribution in [0.1, 0.15) is 5.56 Å². The fourth-order valence-electron chi connectivity index (χ4n) is 1.37. The molecule has 2 nitrogen and oxygen atoms in total. The van der Waals surface area contributed by atoms with Crippen LogP contribution in [-0.4, -0.2) is 10.1 Å². The molecule has 1 aromatic heterocycles. The van der Waals surface area contributed by atoms with Gasteiger partial charge in [-0.2, -0.15) is 0 Å². The molecule has 2 heteroatoms. The summed E-state index contributed by atoms with van der Waals surface area (Å²) < 4.78 is 0. The maximum atomic E-state index is 9.68. The van der Waals surface area contributed by atoms with Crippen molar-refractivity contribution in [2.75, 3.05) is 0 Å². The highest BCUT2D eigenvalue weighted by atomic mass is 16.3. The fourth-order valence-corrected chi connectivity index (χ4v) is 1.37. The Morgan fingerprint density at radius 3 is 2.50 bits per heavy atom. The predicted octanol–water partition coefficient (Wildman–Crippen LogP) is 2.76. The van der Waals surface area contributed by atoms with Crippen molar-refractivity contribution in [1.82, 2.24) is 4.98 Å². The largest absolute Gasteiger partial charge is 0.506 e. The third kappa shape index (κ3) is 1.59. The number of hydrogen-bond acceptors (Lipinski definition) is 2. The molecule has 0 aliphatic carbocycles. The Kier molecular flexibility index (Phi) is 2.19. The van der Waals surface area contributed by atoms with E-state index in [1.54, 1.807) is 12.3 Å². The van der Waals surface area contributed by atoms with Crippen LogP contribution in [0, 0.1) is 6.92 Å². The van der Waals surface area contributed by atoms with Gasteiger partial charge in [0.05, 0.1) is 0 Å². The number of aryl methyl sites for hydroxylation is 1. The second-order valence-corrected chi connectivity index (χ2v) is 3.25. The van der Waals surface area contributed by atoms with Crippen LogP contribution in [0.15, 0.2) is 42.6 Å². The van der Waals surface area contributed by atoms with Gasteiger partial charge in [0.1, 0.15) is 11.4 Å². The summed E-state index contributed by atoms with van der Waals surface area (Å²) in [5.41, 5.74) is 2.53. The lowest BCUT2D eigenvalue weighted by Gasteiger charge is -2.03. The third-order valence-electron chi connectivity index (χ3n) is 2.05. The summed E-state index contributed by atoms with van der Waals surface area (Å²) in [6.45, 7) is 1.90. The van der Waals surface area contributed by atoms with E-state index < -0.39 is 0 Å². The summed E-state index contributed by atoms with van der Waals surface area (Å²) in [6.07, 6.45) is 1.75. The van der Waals surface area contributed by atoms with Crippen LogP contribution in [0.2, 0.25) is 0 Å². The summed E-state index contributed by atoms with van der Waals surface area (Å²) in [7, 11) is 0. The molecule has 1 heterocycles. The fraction of sp³-hybridized carbons (Fsp3) is 0.0833. The molecule has 70 valence electrons. The molecule has 0 bridgehead atoms. The van der Waals surface area contributed by atoms with Gasteiger partial charge in [0, 0.05) is 11.8 Å². The smallest absolute Gasteiger partial charge is 0.142 e. The summed E-state index contributed by atoms with van der Waals surface area (Å²) in [4.78, 5) is 4.20. The number of rotatable bonds is 1. The average Bonchev–Trinajstić information content (AvgIpc) is 2.19. The minimum absolute atomic E-state index is 0.233. The van der Waals surface area contributed by atoms with E-state index in [9.17, 15) is 5.11 Å². The highest BCUT2D eigenvalue weighted by molar-refractivity contribution is 5.65. The van der Waals surface area contributed by atoms with E-state index in [0.29, 0.717) is 5.69 Å². The van der Waals surface area contributed by atoms with Crippen LogP contribution >= 0.6 is 0 Å². The van der Waals surface area contributed by atoms with Crippen molar-refractivity contribution in [2.24, 2.45) is 0 Å². The van der Waals surface area contributed by atoms with Gasteiger partial charge < -0.3 is 5.11 Å². The molecule has 0 atom stereocenters. The van der Waals surface area contributed by atoms with Gasteiger partial charge in [-0.1, -0.05) is 30.3 Å². The zero-order valence-electron chi connectivity index (χ0n) is 7.94. The van der Waals surface area contributed by atoms with Crippen LogP contribution in [0.3, 0.4) is 0 Å². The zero-order chi connectivity index (χ0) is 9.97. The van der Waals surface area contributed by atoms with Crippen molar-refractivity contribution in [1.29, 1.82) is 0 Å². The number of nitrogens with zero attached hydrogens (tertiary/aromatic N) is 1. The quantitative estimate of drug-likeness (QED) is 0.741. The standard InChI is InChI=1S/C12H11NO/c1-9-7-11(14)12(13-8-9)10-5-3-2-4-6-10/h2-8,14H,1H3. The lowest BCUT2D eigenvalue weighted by atomic mass is 10.1. The minimum atomic E-state index is 0.233. The first-order valence-electron chi connectivity index (χ1n) is 4.48. The van der Waals surface area contributed by atoms with E-state index >= 15 is 0 Å². The molecular weight excluding hydrogens is 174 g/mol. The van der Waals surface area contributed by atoms with E-state index in [1.807, 2.05) is 37.3 Å². The van der Waals surface area contributed by atoms with Gasteiger partial charge in [-0.25, -0.2) is 0 Å². The van der Waals surface area contributed by atoms with Gasteiger partial charge in [0.2, 0.25) is 0 Å². The minimum Gasteiger partial charge on any atom is -0.506 e. The van der Waals surface area contributed by atoms with Crippen LogP contribution in [0.5, 0.6) is 5.75 Å². The van der Waals surface area contributed by atoms with Crippen molar-refractivity contribution >= 4 is 0 Å². The molecule has 0 saturated carbocycles. The third-order valence-corrected chi connectivity index (χ3v) is 2.05. The lowest BCUT2D eigenvalue weighted by Crippen LogP contribution is -1.85. The molecule has 0 unspecified atom stereocenters. The van der Waals surface area contributed by atoms with Crippen molar-refractivity contribution in [3.8, 4) is 17.0 Å². The Balaban J connectivity index is 2.53. The molecule has 0 aliphatic rings. The summed E-state index contributed by atoms with van der Waals surface area (Å²) in [5, 5.41) is 9.68. The first kappa shape index (κ1) is 8.75. The predicted molar refractivity (Wildman–Crippen MR) is 56.1 cm³/mol. The number of aromatic nitrogens is 1. The molecule has 0 spiro atoms. The average molecular weight is 185 g/mol. The Hall–Kier alpha value is -1.83. The topological polar surface area (TPSA) is 33.1 Å². The maximum Gasteiger partial charge on any atom is 0.142 e. The Morgan fingerprint density at radius 1 is 1.14 bits per heavy atom. The molecule has 14 heavy (non-hydrogen) atoms. The number of pyridine rings is 1. The number of aromatic hydroxyl groups is 1. The SMILES string of the molecule is Cc1cnc(-c2ccccc2)c(O)c1. The maximum absolute atomic E-state index is 9.68. The molecule has 0 radical (unpaired) electrons. The first-order chi connectivity index (χ1) is 6.77. The van der Waals surface area contributed by atoms with E-state index in [-0.39, 0.29) is 5.75 Å². The normalized spacial score (nSPS) is 10.1. The summed E-state index contributed by atoms with van der Waals surface area (Å²) in [5.74, 6) is 0.233. The van der Waals surface area contributed by atoms with Gasteiger partial charge in [-0.15, -0.1) is 0 Å². The number of benzene rings is 1. The first-order valence-corrected chi connectivity index (χ1v) is 4.48. The van der Waals surface area contributed by atoms with E-state index in [0.717, 1.165) is 11.1 Å². The highest BCUT2D eigenvalue weighted by Crippen LogP contribution is 2.26. The molecule has 1 aromatic carbocycles.